The molecule has 1 aliphatic rings. The highest BCUT2D eigenvalue weighted by molar-refractivity contribution is 6.01. The molecule has 1 aromatic heterocycles. The van der Waals surface area contributed by atoms with Gasteiger partial charge in [-0.15, -0.1) is 17.5 Å². The van der Waals surface area contributed by atoms with Gasteiger partial charge >= 0.3 is 0 Å². The lowest BCUT2D eigenvalue weighted by Gasteiger charge is -2.19. The Balaban J connectivity index is 0.00000256. The van der Waals surface area contributed by atoms with E-state index in [2.05, 4.69) is 34.6 Å². The van der Waals surface area contributed by atoms with E-state index in [1.54, 1.807) is 17.7 Å². The van der Waals surface area contributed by atoms with Crippen LogP contribution in [-0.2, 0) is 13.0 Å². The van der Waals surface area contributed by atoms with Gasteiger partial charge in [0, 0.05) is 6.54 Å². The number of hydrogen-bond acceptors (Lipinski definition) is 4. The van der Waals surface area contributed by atoms with Gasteiger partial charge in [-0.3, -0.25) is 4.79 Å². The molecule has 2 heterocycles. The van der Waals surface area contributed by atoms with Crippen LogP contribution in [0.25, 0.3) is 5.69 Å². The first kappa shape index (κ1) is 21.9. The van der Waals surface area contributed by atoms with Crippen LogP contribution in [0.3, 0.4) is 0 Å². The summed E-state index contributed by atoms with van der Waals surface area (Å²) >= 11 is 0. The number of fused-ring (bicyclic) bond motifs is 1. The molecule has 0 aliphatic carbocycles. The molecule has 2 N–H and O–H groups in total. The van der Waals surface area contributed by atoms with Gasteiger partial charge in [0.05, 0.1) is 11.4 Å². The van der Waals surface area contributed by atoms with Gasteiger partial charge in [0.2, 0.25) is 5.82 Å². The molecule has 0 bridgehead atoms. The molecule has 0 saturated carbocycles. The van der Waals surface area contributed by atoms with Crippen LogP contribution in [0.1, 0.15) is 52.9 Å². The summed E-state index contributed by atoms with van der Waals surface area (Å²) in [5, 5.41) is 10.2. The Bertz CT molecular complexity index is 1080. The van der Waals surface area contributed by atoms with Gasteiger partial charge in [0.1, 0.15) is 11.6 Å². The maximum Gasteiger partial charge on any atom is 0.295 e. The zero-order valence-electron chi connectivity index (χ0n) is 17.2. The van der Waals surface area contributed by atoms with Crippen molar-refractivity contribution in [1.82, 2.24) is 20.1 Å². The molecule has 8 heteroatoms. The highest BCUT2D eigenvalue weighted by Crippen LogP contribution is 2.26. The minimum Gasteiger partial charge on any atom is -0.317 e. The van der Waals surface area contributed by atoms with E-state index in [1.807, 2.05) is 30.3 Å². The third-order valence-electron chi connectivity index (χ3n) is 5.21. The molecule has 0 spiro atoms. The van der Waals surface area contributed by atoms with Gasteiger partial charge in [0.15, 0.2) is 0 Å². The Morgan fingerprint density at radius 3 is 2.77 bits per heavy atom. The standard InChI is InChI=1S/C22H24FN5O.ClH/c1-13(2)16-6-4-5-7-19(16)28-14(3)25-21(27-28)22(29)26-18-9-8-15-12-24-11-10-17(15)20(18)23;/h4-9,13,24H,10-12H2,1-3H3,(H,26,29);1H. The number of hydrogen-bond donors (Lipinski definition) is 2. The zero-order valence-corrected chi connectivity index (χ0v) is 18.0. The fourth-order valence-electron chi connectivity index (χ4n) is 3.69. The Morgan fingerprint density at radius 1 is 1.23 bits per heavy atom. The minimum absolute atomic E-state index is 0. The number of para-hydroxylation sites is 1. The van der Waals surface area contributed by atoms with Gasteiger partial charge in [-0.1, -0.05) is 38.1 Å². The number of rotatable bonds is 4. The number of aryl methyl sites for hydroxylation is 1. The van der Waals surface area contributed by atoms with Crippen molar-refractivity contribution in [2.24, 2.45) is 0 Å². The Labute approximate surface area is 181 Å². The third kappa shape index (κ3) is 4.08. The van der Waals surface area contributed by atoms with E-state index in [1.165, 1.54) is 0 Å². The second-order valence-corrected chi connectivity index (χ2v) is 7.55. The molecule has 1 aliphatic heterocycles. The summed E-state index contributed by atoms with van der Waals surface area (Å²) < 4.78 is 16.5. The van der Waals surface area contributed by atoms with Gasteiger partial charge in [-0.25, -0.2) is 14.1 Å². The third-order valence-corrected chi connectivity index (χ3v) is 5.21. The Kier molecular flexibility index (Phi) is 6.53. The monoisotopic (exact) mass is 429 g/mol. The van der Waals surface area contributed by atoms with E-state index < -0.39 is 5.91 Å². The molecule has 0 saturated heterocycles. The molecular weight excluding hydrogens is 405 g/mol. The number of carbonyl (C=O) groups is 1. The zero-order chi connectivity index (χ0) is 20.5. The van der Waals surface area contributed by atoms with E-state index in [-0.39, 0.29) is 29.7 Å². The number of aromatic nitrogens is 3. The largest absolute Gasteiger partial charge is 0.317 e. The van der Waals surface area contributed by atoms with Crippen LogP contribution in [0.5, 0.6) is 0 Å². The summed E-state index contributed by atoms with van der Waals surface area (Å²) in [5.74, 6) is 0.00608. The summed E-state index contributed by atoms with van der Waals surface area (Å²) in [5.41, 5.74) is 3.74. The van der Waals surface area contributed by atoms with E-state index >= 15 is 0 Å². The average molecular weight is 430 g/mol. The fraction of sp³-hybridized carbons (Fsp3) is 0.318. The lowest BCUT2D eigenvalue weighted by Crippen LogP contribution is -2.25. The first-order chi connectivity index (χ1) is 14.0. The average Bonchev–Trinajstić information content (AvgIpc) is 3.12. The van der Waals surface area contributed by atoms with E-state index in [0.717, 1.165) is 23.4 Å². The van der Waals surface area contributed by atoms with Crippen molar-refractivity contribution < 1.29 is 9.18 Å². The fourth-order valence-corrected chi connectivity index (χ4v) is 3.69. The SMILES string of the molecule is Cc1nc(C(=O)Nc2ccc3c(c2F)CCNC3)nn1-c1ccccc1C(C)C.Cl. The number of halogens is 2. The van der Waals surface area contributed by atoms with Gasteiger partial charge < -0.3 is 10.6 Å². The lowest BCUT2D eigenvalue weighted by molar-refractivity contribution is 0.101. The second kappa shape index (κ2) is 8.93. The second-order valence-electron chi connectivity index (χ2n) is 7.55. The maximum absolute atomic E-state index is 14.8. The first-order valence-corrected chi connectivity index (χ1v) is 9.81. The van der Waals surface area contributed by atoms with Crippen LogP contribution in [0.15, 0.2) is 36.4 Å². The highest BCUT2D eigenvalue weighted by atomic mass is 35.5. The van der Waals surface area contributed by atoms with Crippen LogP contribution >= 0.6 is 12.4 Å². The van der Waals surface area contributed by atoms with Crippen molar-refractivity contribution >= 4 is 24.0 Å². The molecule has 1 amide bonds. The molecule has 158 valence electrons. The molecule has 0 unspecified atom stereocenters. The molecule has 4 rings (SSSR count). The molecule has 0 atom stereocenters. The van der Waals surface area contributed by atoms with Crippen molar-refractivity contribution in [2.75, 3.05) is 11.9 Å². The van der Waals surface area contributed by atoms with Gasteiger partial charge in [-0.2, -0.15) is 0 Å². The lowest BCUT2D eigenvalue weighted by atomic mass is 9.99. The van der Waals surface area contributed by atoms with Crippen LogP contribution in [0.2, 0.25) is 0 Å². The predicted octanol–water partition coefficient (Wildman–Crippen LogP) is 4.16. The molecule has 0 fully saturated rings. The van der Waals surface area contributed by atoms with Gasteiger partial charge in [-0.05, 0) is 54.6 Å². The quantitative estimate of drug-likeness (QED) is 0.653. The summed E-state index contributed by atoms with van der Waals surface area (Å²) in [6.45, 7) is 7.37. The van der Waals surface area contributed by atoms with Crippen LogP contribution in [0, 0.1) is 12.7 Å². The summed E-state index contributed by atoms with van der Waals surface area (Å²) in [6, 6.07) is 11.3. The van der Waals surface area contributed by atoms with Crippen LogP contribution < -0.4 is 10.6 Å². The highest BCUT2D eigenvalue weighted by Gasteiger charge is 2.21. The number of nitrogens with zero attached hydrogens (tertiary/aromatic N) is 3. The van der Waals surface area contributed by atoms with Crippen LogP contribution in [-0.4, -0.2) is 27.2 Å². The number of benzene rings is 2. The Hall–Kier alpha value is -2.77. The smallest absolute Gasteiger partial charge is 0.295 e. The summed E-state index contributed by atoms with van der Waals surface area (Å²) in [7, 11) is 0. The number of amides is 1. The Morgan fingerprint density at radius 2 is 2.00 bits per heavy atom. The molecule has 3 aromatic rings. The van der Waals surface area contributed by atoms with E-state index in [0.29, 0.717) is 30.3 Å². The number of anilines is 1. The van der Waals surface area contributed by atoms with Gasteiger partial charge in [0.25, 0.3) is 5.91 Å². The molecule has 2 aromatic carbocycles. The van der Waals surface area contributed by atoms with Crippen molar-refractivity contribution in [3.8, 4) is 5.69 Å². The first-order valence-electron chi connectivity index (χ1n) is 9.81. The normalized spacial score (nSPS) is 13.0. The predicted molar refractivity (Wildman–Crippen MR) is 117 cm³/mol. The van der Waals surface area contributed by atoms with Crippen molar-refractivity contribution in [2.45, 2.75) is 39.7 Å². The molecule has 6 nitrogen and oxygen atoms in total. The summed E-state index contributed by atoms with van der Waals surface area (Å²) in [4.78, 5) is 17.0. The molecule has 30 heavy (non-hydrogen) atoms. The molecular formula is C22H25ClFN5O. The van der Waals surface area contributed by atoms with E-state index in [9.17, 15) is 9.18 Å². The number of carbonyl (C=O) groups excluding carboxylic acids is 1. The minimum atomic E-state index is -0.526. The number of nitrogens with one attached hydrogen (secondary N) is 2. The molecule has 0 radical (unpaired) electrons. The topological polar surface area (TPSA) is 71.8 Å². The maximum atomic E-state index is 14.8. The van der Waals surface area contributed by atoms with E-state index in [4.69, 9.17) is 0 Å². The summed E-state index contributed by atoms with van der Waals surface area (Å²) in [6.07, 6.45) is 0.600. The van der Waals surface area contributed by atoms with Crippen molar-refractivity contribution in [3.05, 3.63) is 70.6 Å². The van der Waals surface area contributed by atoms with Crippen LogP contribution in [0.4, 0.5) is 10.1 Å². The van der Waals surface area contributed by atoms with Crippen molar-refractivity contribution in [3.63, 3.8) is 0 Å². The van der Waals surface area contributed by atoms with Crippen molar-refractivity contribution in [1.29, 1.82) is 0 Å².